The van der Waals surface area contributed by atoms with Crippen molar-refractivity contribution in [2.45, 2.75) is 31.7 Å². The first kappa shape index (κ1) is 14.2. The summed E-state index contributed by atoms with van der Waals surface area (Å²) in [4.78, 5) is 7.07. The summed E-state index contributed by atoms with van der Waals surface area (Å²) in [6.07, 6.45) is 7.04. The SMILES string of the molecule is ClCCN(c1nccc2c(Br)cccc12)C1CCCC1. The van der Waals surface area contributed by atoms with Crippen molar-refractivity contribution in [2.24, 2.45) is 0 Å². The van der Waals surface area contributed by atoms with Crippen LogP contribution < -0.4 is 4.90 Å². The molecule has 1 saturated carbocycles. The van der Waals surface area contributed by atoms with Crippen LogP contribution in [0.15, 0.2) is 34.9 Å². The molecule has 1 aliphatic carbocycles. The van der Waals surface area contributed by atoms with Crippen molar-refractivity contribution in [2.75, 3.05) is 17.3 Å². The highest BCUT2D eigenvalue weighted by molar-refractivity contribution is 9.10. The molecule has 0 spiro atoms. The van der Waals surface area contributed by atoms with E-state index in [0.717, 1.165) is 16.8 Å². The number of alkyl halides is 1. The van der Waals surface area contributed by atoms with Gasteiger partial charge in [0.25, 0.3) is 0 Å². The standard InChI is InChI=1S/C16H18BrClN2/c17-15-7-3-6-14-13(15)8-10-19-16(14)20(11-9-18)12-4-1-2-5-12/h3,6-8,10,12H,1-2,4-5,9,11H2. The molecular formula is C16H18BrClN2. The summed E-state index contributed by atoms with van der Waals surface area (Å²) in [6, 6.07) is 8.96. The normalized spacial score (nSPS) is 15.9. The molecule has 4 heteroatoms. The van der Waals surface area contributed by atoms with E-state index in [-0.39, 0.29) is 0 Å². The molecule has 0 amide bonds. The van der Waals surface area contributed by atoms with Crippen LogP contribution in [0.1, 0.15) is 25.7 Å². The average Bonchev–Trinajstić information content (AvgIpc) is 2.99. The van der Waals surface area contributed by atoms with Gasteiger partial charge in [0.2, 0.25) is 0 Å². The number of hydrogen-bond acceptors (Lipinski definition) is 2. The minimum atomic E-state index is 0.589. The van der Waals surface area contributed by atoms with Gasteiger partial charge < -0.3 is 4.90 Å². The van der Waals surface area contributed by atoms with Crippen molar-refractivity contribution >= 4 is 44.1 Å². The fraction of sp³-hybridized carbons (Fsp3) is 0.438. The number of fused-ring (bicyclic) bond motifs is 1. The van der Waals surface area contributed by atoms with Gasteiger partial charge in [-0.3, -0.25) is 0 Å². The first-order chi connectivity index (χ1) is 9.81. The fourth-order valence-corrected chi connectivity index (χ4v) is 3.83. The van der Waals surface area contributed by atoms with E-state index in [9.17, 15) is 0 Å². The van der Waals surface area contributed by atoms with Crippen molar-refractivity contribution in [1.29, 1.82) is 0 Å². The lowest BCUT2D eigenvalue weighted by Crippen LogP contribution is -2.35. The Bertz CT molecular complexity index is 596. The van der Waals surface area contributed by atoms with Gasteiger partial charge in [-0.15, -0.1) is 11.6 Å². The number of aromatic nitrogens is 1. The molecule has 1 heterocycles. The molecule has 2 nitrogen and oxygen atoms in total. The minimum absolute atomic E-state index is 0.589. The molecule has 1 fully saturated rings. The number of pyridine rings is 1. The van der Waals surface area contributed by atoms with E-state index in [0.29, 0.717) is 11.9 Å². The Labute approximate surface area is 133 Å². The van der Waals surface area contributed by atoms with Gasteiger partial charge in [0.05, 0.1) is 0 Å². The number of halogens is 2. The summed E-state index contributed by atoms with van der Waals surface area (Å²) in [5, 5.41) is 2.42. The Morgan fingerprint density at radius 3 is 2.75 bits per heavy atom. The molecule has 0 atom stereocenters. The van der Waals surface area contributed by atoms with Crippen LogP contribution in [0, 0.1) is 0 Å². The third-order valence-electron chi connectivity index (χ3n) is 4.09. The summed E-state index contributed by atoms with van der Waals surface area (Å²) >= 11 is 9.66. The molecule has 1 aromatic carbocycles. The maximum absolute atomic E-state index is 6.03. The summed E-state index contributed by atoms with van der Waals surface area (Å²) in [5.41, 5.74) is 0. The molecule has 106 valence electrons. The molecule has 0 unspecified atom stereocenters. The molecule has 0 saturated heterocycles. The van der Waals surface area contributed by atoms with Crippen LogP contribution in [-0.2, 0) is 0 Å². The number of anilines is 1. The lowest BCUT2D eigenvalue weighted by atomic mass is 10.1. The van der Waals surface area contributed by atoms with Gasteiger partial charge in [-0.1, -0.05) is 40.9 Å². The Morgan fingerprint density at radius 2 is 2.00 bits per heavy atom. The van der Waals surface area contributed by atoms with Crippen LogP contribution in [0.25, 0.3) is 10.8 Å². The highest BCUT2D eigenvalue weighted by atomic mass is 79.9. The third kappa shape index (κ3) is 2.66. The molecule has 1 aliphatic rings. The Balaban J connectivity index is 2.08. The van der Waals surface area contributed by atoms with Crippen LogP contribution in [0.5, 0.6) is 0 Å². The van der Waals surface area contributed by atoms with Crippen LogP contribution in [0.4, 0.5) is 5.82 Å². The highest BCUT2D eigenvalue weighted by Crippen LogP contribution is 2.33. The zero-order chi connectivity index (χ0) is 13.9. The predicted octanol–water partition coefficient (Wildman–Crippen LogP) is 4.99. The van der Waals surface area contributed by atoms with Gasteiger partial charge >= 0.3 is 0 Å². The maximum Gasteiger partial charge on any atom is 0.136 e. The zero-order valence-corrected chi connectivity index (χ0v) is 13.7. The smallest absolute Gasteiger partial charge is 0.136 e. The van der Waals surface area contributed by atoms with E-state index < -0.39 is 0 Å². The number of rotatable bonds is 4. The van der Waals surface area contributed by atoms with Gasteiger partial charge in [0, 0.05) is 39.9 Å². The molecule has 3 rings (SSSR count). The van der Waals surface area contributed by atoms with Crippen LogP contribution in [0.3, 0.4) is 0 Å². The highest BCUT2D eigenvalue weighted by Gasteiger charge is 2.24. The summed E-state index contributed by atoms with van der Waals surface area (Å²) in [6.45, 7) is 0.866. The van der Waals surface area contributed by atoms with Crippen molar-refractivity contribution in [3.05, 3.63) is 34.9 Å². The maximum atomic E-state index is 6.03. The lowest BCUT2D eigenvalue weighted by molar-refractivity contribution is 0.616. The quantitative estimate of drug-likeness (QED) is 0.720. The third-order valence-corrected chi connectivity index (χ3v) is 4.96. The summed E-state index contributed by atoms with van der Waals surface area (Å²) in [5.74, 6) is 1.72. The summed E-state index contributed by atoms with van der Waals surface area (Å²) < 4.78 is 1.12. The molecule has 0 N–H and O–H groups in total. The molecule has 2 aromatic rings. The van der Waals surface area contributed by atoms with E-state index in [1.54, 1.807) is 0 Å². The average molecular weight is 354 g/mol. The molecule has 0 radical (unpaired) electrons. The first-order valence-corrected chi connectivity index (χ1v) is 8.50. The molecular weight excluding hydrogens is 336 g/mol. The monoisotopic (exact) mass is 352 g/mol. The van der Waals surface area contributed by atoms with Crippen molar-refractivity contribution in [3.8, 4) is 0 Å². The number of benzene rings is 1. The van der Waals surface area contributed by atoms with Crippen molar-refractivity contribution in [1.82, 2.24) is 4.98 Å². The fourth-order valence-electron chi connectivity index (χ4n) is 3.15. The van der Waals surface area contributed by atoms with Gasteiger partial charge in [-0.25, -0.2) is 4.98 Å². The van der Waals surface area contributed by atoms with E-state index in [1.165, 1.54) is 36.5 Å². The van der Waals surface area contributed by atoms with E-state index in [2.05, 4.69) is 50.1 Å². The van der Waals surface area contributed by atoms with Gasteiger partial charge in [-0.2, -0.15) is 0 Å². The lowest BCUT2D eigenvalue weighted by Gasteiger charge is -2.30. The van der Waals surface area contributed by atoms with Crippen LogP contribution in [0.2, 0.25) is 0 Å². The molecule has 0 bridgehead atoms. The van der Waals surface area contributed by atoms with E-state index in [4.69, 9.17) is 11.6 Å². The topological polar surface area (TPSA) is 16.1 Å². The van der Waals surface area contributed by atoms with E-state index in [1.807, 2.05) is 6.20 Å². The van der Waals surface area contributed by atoms with Gasteiger partial charge in [0.1, 0.15) is 5.82 Å². The van der Waals surface area contributed by atoms with Gasteiger partial charge in [-0.05, 0) is 25.0 Å². The first-order valence-electron chi connectivity index (χ1n) is 7.17. The largest absolute Gasteiger partial charge is 0.352 e. The van der Waals surface area contributed by atoms with Crippen molar-refractivity contribution < 1.29 is 0 Å². The number of hydrogen-bond donors (Lipinski definition) is 0. The summed E-state index contributed by atoms with van der Waals surface area (Å²) in [7, 11) is 0. The zero-order valence-electron chi connectivity index (χ0n) is 11.4. The molecule has 1 aromatic heterocycles. The Hall–Kier alpha value is -0.800. The van der Waals surface area contributed by atoms with E-state index >= 15 is 0 Å². The minimum Gasteiger partial charge on any atom is -0.352 e. The van der Waals surface area contributed by atoms with Crippen molar-refractivity contribution in [3.63, 3.8) is 0 Å². The molecule has 0 aliphatic heterocycles. The predicted molar refractivity (Wildman–Crippen MR) is 89.8 cm³/mol. The molecule has 20 heavy (non-hydrogen) atoms. The van der Waals surface area contributed by atoms with Gasteiger partial charge in [0.15, 0.2) is 0 Å². The Morgan fingerprint density at radius 1 is 1.20 bits per heavy atom. The second kappa shape index (κ2) is 6.31. The number of nitrogens with zero attached hydrogens (tertiary/aromatic N) is 2. The van der Waals surface area contributed by atoms with Crippen LogP contribution >= 0.6 is 27.5 Å². The Kier molecular flexibility index (Phi) is 4.47. The van der Waals surface area contributed by atoms with Crippen LogP contribution in [-0.4, -0.2) is 23.5 Å². The second-order valence-electron chi connectivity index (χ2n) is 5.29. The second-order valence-corrected chi connectivity index (χ2v) is 6.52.